The summed E-state index contributed by atoms with van der Waals surface area (Å²) in [6, 6.07) is 14.8. The molecule has 0 radical (unpaired) electrons. The number of hydrogen-bond donors (Lipinski definition) is 5. The molecule has 0 saturated heterocycles. The number of nitrogens with one attached hydrogen (secondary N) is 2. The molecule has 8 nitrogen and oxygen atoms in total. The van der Waals surface area contributed by atoms with Crippen molar-refractivity contribution in [2.75, 3.05) is 6.61 Å². The summed E-state index contributed by atoms with van der Waals surface area (Å²) in [6.07, 6.45) is 0.439. The van der Waals surface area contributed by atoms with Crippen LogP contribution < -0.4 is 16.4 Å². The predicted molar refractivity (Wildman–Crippen MR) is 107 cm³/mol. The van der Waals surface area contributed by atoms with Gasteiger partial charge in [0.25, 0.3) is 0 Å². The molecule has 0 bridgehead atoms. The number of carboxylic acid groups (broad SMARTS) is 1. The van der Waals surface area contributed by atoms with Crippen LogP contribution in [0.25, 0.3) is 0 Å². The van der Waals surface area contributed by atoms with E-state index in [0.717, 1.165) is 11.1 Å². The normalized spacial score (nSPS) is 13.7. The van der Waals surface area contributed by atoms with Gasteiger partial charge in [0.15, 0.2) is 0 Å². The molecule has 3 atom stereocenters. The molecule has 2 aromatic rings. The summed E-state index contributed by atoms with van der Waals surface area (Å²) in [4.78, 5) is 36.3. The molecule has 2 aromatic carbocycles. The average molecular weight is 399 g/mol. The van der Waals surface area contributed by atoms with Crippen molar-refractivity contribution >= 4 is 17.8 Å². The summed E-state index contributed by atoms with van der Waals surface area (Å²) in [6.45, 7) is -0.763. The Morgan fingerprint density at radius 3 is 1.76 bits per heavy atom. The van der Waals surface area contributed by atoms with E-state index in [1.165, 1.54) is 0 Å². The highest BCUT2D eigenvalue weighted by molar-refractivity contribution is 5.92. The van der Waals surface area contributed by atoms with Crippen LogP contribution in [0.4, 0.5) is 0 Å². The molecule has 154 valence electrons. The number of rotatable bonds is 10. The fourth-order valence-corrected chi connectivity index (χ4v) is 2.76. The number of carbonyl (C=O) groups is 3. The first-order chi connectivity index (χ1) is 13.9. The van der Waals surface area contributed by atoms with Crippen molar-refractivity contribution in [3.63, 3.8) is 0 Å². The largest absolute Gasteiger partial charge is 0.480 e. The number of carboxylic acids is 1. The van der Waals surface area contributed by atoms with Crippen LogP contribution in [0.1, 0.15) is 11.1 Å². The zero-order valence-electron chi connectivity index (χ0n) is 15.8. The van der Waals surface area contributed by atoms with Gasteiger partial charge < -0.3 is 26.6 Å². The van der Waals surface area contributed by atoms with E-state index < -0.39 is 42.5 Å². The van der Waals surface area contributed by atoms with Gasteiger partial charge in [-0.25, -0.2) is 4.79 Å². The standard InChI is InChI=1S/C21H25N3O5/c22-16(11-14-7-3-1-4-8-14)19(26)23-17(12-15-9-5-2-6-10-15)20(27)24-18(13-25)21(28)29/h1-10,16-18,25H,11-13,22H2,(H,23,26)(H,24,27)(H,28,29). The summed E-state index contributed by atoms with van der Waals surface area (Å²) in [5, 5.41) is 23.0. The minimum absolute atomic E-state index is 0.147. The fraction of sp³-hybridized carbons (Fsp3) is 0.286. The number of amides is 2. The monoisotopic (exact) mass is 399 g/mol. The molecule has 29 heavy (non-hydrogen) atoms. The lowest BCUT2D eigenvalue weighted by Gasteiger charge is -2.22. The van der Waals surface area contributed by atoms with Crippen molar-refractivity contribution in [2.24, 2.45) is 5.73 Å². The molecular formula is C21H25N3O5. The third-order valence-corrected chi connectivity index (χ3v) is 4.35. The lowest BCUT2D eigenvalue weighted by Crippen LogP contribution is -2.56. The van der Waals surface area contributed by atoms with Crippen LogP contribution in [0.5, 0.6) is 0 Å². The first-order valence-electron chi connectivity index (χ1n) is 9.18. The van der Waals surface area contributed by atoms with Crippen molar-refractivity contribution < 1.29 is 24.6 Å². The first-order valence-corrected chi connectivity index (χ1v) is 9.18. The third kappa shape index (κ3) is 7.02. The van der Waals surface area contributed by atoms with E-state index >= 15 is 0 Å². The van der Waals surface area contributed by atoms with Crippen LogP contribution in [0.2, 0.25) is 0 Å². The highest BCUT2D eigenvalue weighted by Gasteiger charge is 2.28. The minimum Gasteiger partial charge on any atom is -0.480 e. The summed E-state index contributed by atoms with van der Waals surface area (Å²) >= 11 is 0. The average Bonchev–Trinajstić information content (AvgIpc) is 2.72. The summed E-state index contributed by atoms with van der Waals surface area (Å²) in [5.74, 6) is -2.61. The lowest BCUT2D eigenvalue weighted by molar-refractivity contribution is -0.143. The molecule has 0 fully saturated rings. The van der Waals surface area contributed by atoms with Crippen molar-refractivity contribution in [3.05, 3.63) is 71.8 Å². The van der Waals surface area contributed by atoms with Gasteiger partial charge in [0.05, 0.1) is 12.6 Å². The third-order valence-electron chi connectivity index (χ3n) is 4.35. The van der Waals surface area contributed by atoms with Crippen LogP contribution in [0.3, 0.4) is 0 Å². The van der Waals surface area contributed by atoms with E-state index in [0.29, 0.717) is 6.42 Å². The number of aliphatic hydroxyl groups is 1. The number of carbonyl (C=O) groups excluding carboxylic acids is 2. The molecule has 0 aliphatic carbocycles. The van der Waals surface area contributed by atoms with Gasteiger partial charge in [0, 0.05) is 6.42 Å². The second kappa shape index (κ2) is 10.9. The Bertz CT molecular complexity index is 814. The minimum atomic E-state index is -1.46. The Morgan fingerprint density at radius 2 is 1.28 bits per heavy atom. The maximum absolute atomic E-state index is 12.6. The van der Waals surface area contributed by atoms with E-state index in [1.54, 1.807) is 24.3 Å². The maximum Gasteiger partial charge on any atom is 0.328 e. The van der Waals surface area contributed by atoms with Crippen molar-refractivity contribution in [3.8, 4) is 0 Å². The molecule has 2 rings (SSSR count). The fourth-order valence-electron chi connectivity index (χ4n) is 2.76. The Balaban J connectivity index is 2.10. The van der Waals surface area contributed by atoms with E-state index in [1.807, 2.05) is 36.4 Å². The molecule has 0 aromatic heterocycles. The number of benzene rings is 2. The van der Waals surface area contributed by atoms with E-state index in [4.69, 9.17) is 15.9 Å². The first kappa shape index (κ1) is 22.1. The highest BCUT2D eigenvalue weighted by atomic mass is 16.4. The van der Waals surface area contributed by atoms with Crippen molar-refractivity contribution in [2.45, 2.75) is 31.0 Å². The van der Waals surface area contributed by atoms with Crippen LogP contribution in [-0.2, 0) is 27.2 Å². The lowest BCUT2D eigenvalue weighted by atomic mass is 10.0. The molecular weight excluding hydrogens is 374 g/mol. The second-order valence-corrected chi connectivity index (χ2v) is 6.63. The van der Waals surface area contributed by atoms with Gasteiger partial charge >= 0.3 is 5.97 Å². The molecule has 0 spiro atoms. The predicted octanol–water partition coefficient (Wildman–Crippen LogP) is -0.154. The number of nitrogens with two attached hydrogens (primary N) is 1. The van der Waals surface area contributed by atoms with Crippen molar-refractivity contribution in [1.29, 1.82) is 0 Å². The zero-order valence-corrected chi connectivity index (χ0v) is 15.8. The van der Waals surface area contributed by atoms with Crippen LogP contribution in [-0.4, -0.2) is 52.7 Å². The molecule has 8 heteroatoms. The van der Waals surface area contributed by atoms with Gasteiger partial charge in [-0.3, -0.25) is 9.59 Å². The van der Waals surface area contributed by atoms with Crippen LogP contribution in [0, 0.1) is 0 Å². The van der Waals surface area contributed by atoms with Gasteiger partial charge in [0.1, 0.15) is 12.1 Å². The summed E-state index contributed by atoms with van der Waals surface area (Å²) in [5.41, 5.74) is 7.65. The van der Waals surface area contributed by atoms with Crippen LogP contribution >= 0.6 is 0 Å². The molecule has 0 aliphatic rings. The molecule has 2 amide bonds. The number of hydrogen-bond acceptors (Lipinski definition) is 5. The molecule has 0 aliphatic heterocycles. The number of aliphatic hydroxyl groups excluding tert-OH is 1. The van der Waals surface area contributed by atoms with Gasteiger partial charge in [-0.1, -0.05) is 60.7 Å². The molecule has 0 saturated carbocycles. The Morgan fingerprint density at radius 1 is 0.793 bits per heavy atom. The van der Waals surface area contributed by atoms with Gasteiger partial charge in [-0.05, 0) is 17.5 Å². The SMILES string of the molecule is NC(Cc1ccccc1)C(=O)NC(Cc1ccccc1)C(=O)NC(CO)C(=O)O. The Labute approximate surface area is 168 Å². The van der Waals surface area contributed by atoms with Crippen LogP contribution in [0.15, 0.2) is 60.7 Å². The molecule has 0 heterocycles. The number of aliphatic carboxylic acids is 1. The van der Waals surface area contributed by atoms with Gasteiger partial charge in [-0.15, -0.1) is 0 Å². The summed E-state index contributed by atoms with van der Waals surface area (Å²) < 4.78 is 0. The van der Waals surface area contributed by atoms with Gasteiger partial charge in [-0.2, -0.15) is 0 Å². The smallest absolute Gasteiger partial charge is 0.328 e. The summed E-state index contributed by atoms with van der Waals surface area (Å²) in [7, 11) is 0. The highest BCUT2D eigenvalue weighted by Crippen LogP contribution is 2.06. The Hall–Kier alpha value is -3.23. The Kier molecular flexibility index (Phi) is 8.32. The molecule has 6 N–H and O–H groups in total. The van der Waals surface area contributed by atoms with E-state index in [2.05, 4.69) is 10.6 Å². The quantitative estimate of drug-likeness (QED) is 0.376. The zero-order chi connectivity index (χ0) is 21.2. The van der Waals surface area contributed by atoms with Crippen molar-refractivity contribution in [1.82, 2.24) is 10.6 Å². The van der Waals surface area contributed by atoms with E-state index in [9.17, 15) is 14.4 Å². The van der Waals surface area contributed by atoms with Gasteiger partial charge in [0.2, 0.25) is 11.8 Å². The van der Waals surface area contributed by atoms with E-state index in [-0.39, 0.29) is 6.42 Å². The molecule has 3 unspecified atom stereocenters. The topological polar surface area (TPSA) is 142 Å². The maximum atomic E-state index is 12.6. The second-order valence-electron chi connectivity index (χ2n) is 6.63.